The molecule has 0 unspecified atom stereocenters. The molecule has 25 heavy (non-hydrogen) atoms. The molecule has 3 rings (SSSR count). The number of pyridine rings is 1. The normalized spacial score (nSPS) is 10.6. The zero-order valence-corrected chi connectivity index (χ0v) is 15.5. The van der Waals surface area contributed by atoms with Crippen molar-refractivity contribution in [3.05, 3.63) is 76.5 Å². The molecular weight excluding hydrogens is 304 g/mol. The van der Waals surface area contributed by atoms with E-state index in [9.17, 15) is 5.26 Å². The molecule has 3 aromatic rings. The van der Waals surface area contributed by atoms with Crippen LogP contribution in [-0.2, 0) is 7.05 Å². The molecule has 0 saturated heterocycles. The van der Waals surface area contributed by atoms with Crippen LogP contribution < -0.4 is 4.57 Å². The number of rotatable bonds is 2. The second-order valence-electron chi connectivity index (χ2n) is 6.72. The molecule has 0 aliphatic rings. The third-order valence-electron chi connectivity index (χ3n) is 4.96. The summed E-state index contributed by atoms with van der Waals surface area (Å²) in [6.07, 6.45) is 2.16. The van der Waals surface area contributed by atoms with Gasteiger partial charge in [-0.25, -0.2) is 4.57 Å². The zero-order valence-electron chi connectivity index (χ0n) is 15.5. The van der Waals surface area contributed by atoms with Gasteiger partial charge in [0.05, 0.1) is 17.2 Å². The molecule has 0 radical (unpaired) electrons. The Hall–Kier alpha value is -2.92. The molecule has 1 heterocycles. The Morgan fingerprint density at radius 1 is 0.840 bits per heavy atom. The van der Waals surface area contributed by atoms with Gasteiger partial charge in [0.2, 0.25) is 5.69 Å². The lowest BCUT2D eigenvalue weighted by molar-refractivity contribution is -0.660. The predicted octanol–water partition coefficient (Wildman–Crippen LogP) is 4.95. The van der Waals surface area contributed by atoms with Crippen molar-refractivity contribution in [1.82, 2.24) is 0 Å². The second-order valence-corrected chi connectivity index (χ2v) is 6.72. The van der Waals surface area contributed by atoms with E-state index in [-0.39, 0.29) is 0 Å². The van der Waals surface area contributed by atoms with E-state index >= 15 is 0 Å². The summed E-state index contributed by atoms with van der Waals surface area (Å²) in [5.74, 6) is 0. The van der Waals surface area contributed by atoms with Gasteiger partial charge in [-0.1, -0.05) is 24.3 Å². The van der Waals surface area contributed by atoms with Crippen molar-refractivity contribution in [1.29, 1.82) is 5.26 Å². The fraction of sp³-hybridized carbons (Fsp3) is 0.217. The fourth-order valence-electron chi connectivity index (χ4n) is 3.59. The van der Waals surface area contributed by atoms with Gasteiger partial charge in [-0.15, -0.1) is 0 Å². The van der Waals surface area contributed by atoms with E-state index in [1.54, 1.807) is 0 Å². The van der Waals surface area contributed by atoms with Gasteiger partial charge in [0.25, 0.3) is 0 Å². The van der Waals surface area contributed by atoms with Crippen molar-refractivity contribution < 1.29 is 4.57 Å². The van der Waals surface area contributed by atoms with Crippen LogP contribution in [0.3, 0.4) is 0 Å². The molecule has 0 atom stereocenters. The topological polar surface area (TPSA) is 27.7 Å². The van der Waals surface area contributed by atoms with Gasteiger partial charge in [-0.2, -0.15) is 5.26 Å². The van der Waals surface area contributed by atoms with E-state index in [2.05, 4.69) is 75.0 Å². The van der Waals surface area contributed by atoms with Crippen LogP contribution in [0, 0.1) is 39.0 Å². The van der Waals surface area contributed by atoms with Crippen LogP contribution in [0.25, 0.3) is 22.4 Å². The lowest BCUT2D eigenvalue weighted by Gasteiger charge is -2.15. The molecule has 0 fully saturated rings. The predicted molar refractivity (Wildman–Crippen MR) is 102 cm³/mol. The monoisotopic (exact) mass is 327 g/mol. The van der Waals surface area contributed by atoms with E-state index in [1.807, 2.05) is 19.1 Å². The van der Waals surface area contributed by atoms with Gasteiger partial charge in [0.1, 0.15) is 7.05 Å². The summed E-state index contributed by atoms with van der Waals surface area (Å²) in [4.78, 5) is 0. The molecule has 0 aliphatic carbocycles. The third-order valence-corrected chi connectivity index (χ3v) is 4.96. The fourth-order valence-corrected chi connectivity index (χ4v) is 3.59. The summed E-state index contributed by atoms with van der Waals surface area (Å²) >= 11 is 0. The van der Waals surface area contributed by atoms with E-state index in [4.69, 9.17) is 0 Å². The van der Waals surface area contributed by atoms with Crippen molar-refractivity contribution >= 4 is 0 Å². The second kappa shape index (κ2) is 6.53. The number of aromatic nitrogens is 1. The minimum absolute atomic E-state index is 0.736. The number of hydrogen-bond acceptors (Lipinski definition) is 1. The third kappa shape index (κ3) is 2.94. The molecule has 1 aromatic heterocycles. The first-order valence-corrected chi connectivity index (χ1v) is 8.51. The van der Waals surface area contributed by atoms with E-state index in [0.717, 1.165) is 16.7 Å². The number of hydrogen-bond donors (Lipinski definition) is 0. The first-order valence-electron chi connectivity index (χ1n) is 8.51. The maximum Gasteiger partial charge on any atom is 0.212 e. The molecule has 2 nitrogen and oxygen atoms in total. The average molecular weight is 327 g/mol. The molecule has 0 saturated carbocycles. The molecule has 2 heteroatoms. The van der Waals surface area contributed by atoms with E-state index in [0.29, 0.717) is 0 Å². The van der Waals surface area contributed by atoms with Gasteiger partial charge >= 0.3 is 0 Å². The average Bonchev–Trinajstić information content (AvgIpc) is 2.57. The summed E-state index contributed by atoms with van der Waals surface area (Å²) < 4.78 is 2.19. The van der Waals surface area contributed by atoms with Gasteiger partial charge in [0, 0.05) is 11.6 Å². The van der Waals surface area contributed by atoms with Gasteiger partial charge < -0.3 is 0 Å². The quantitative estimate of drug-likeness (QED) is 0.612. The first kappa shape index (κ1) is 16.9. The highest BCUT2D eigenvalue weighted by molar-refractivity contribution is 5.80. The van der Waals surface area contributed by atoms with Gasteiger partial charge in [-0.3, -0.25) is 0 Å². The maximum absolute atomic E-state index is 9.34. The highest BCUT2D eigenvalue weighted by Gasteiger charge is 2.19. The van der Waals surface area contributed by atoms with E-state index < -0.39 is 0 Å². The zero-order chi connectivity index (χ0) is 18.1. The highest BCUT2D eigenvalue weighted by atomic mass is 14.9. The molecule has 0 spiro atoms. The Kier molecular flexibility index (Phi) is 4.42. The molecule has 0 bridgehead atoms. The molecule has 0 amide bonds. The van der Waals surface area contributed by atoms with Crippen molar-refractivity contribution in [2.75, 3.05) is 0 Å². The molecular formula is C23H23N2+. The Bertz CT molecular complexity index is 1010. The standard InChI is InChI=1S/C23H23N2/c1-15-9-12-22(25(5)14-15)23-16(2)10-11-21(18(23)4)20-8-6-7-19(13-24)17(20)3/h6-12,14H,1-5H3/q+1. The van der Waals surface area contributed by atoms with Crippen LogP contribution in [0.15, 0.2) is 48.7 Å². The summed E-state index contributed by atoms with van der Waals surface area (Å²) in [6, 6.07) is 16.9. The Balaban J connectivity index is 2.28. The van der Waals surface area contributed by atoms with Crippen molar-refractivity contribution in [2.45, 2.75) is 27.7 Å². The minimum atomic E-state index is 0.736. The van der Waals surface area contributed by atoms with Gasteiger partial charge in [0.15, 0.2) is 6.20 Å². The lowest BCUT2D eigenvalue weighted by Crippen LogP contribution is -2.31. The summed E-state index contributed by atoms with van der Waals surface area (Å²) in [5.41, 5.74) is 10.3. The summed E-state index contributed by atoms with van der Waals surface area (Å²) in [7, 11) is 2.09. The van der Waals surface area contributed by atoms with Crippen LogP contribution in [0.1, 0.15) is 27.8 Å². The van der Waals surface area contributed by atoms with Crippen LogP contribution in [-0.4, -0.2) is 0 Å². The van der Waals surface area contributed by atoms with Crippen molar-refractivity contribution in [3.8, 4) is 28.5 Å². The lowest BCUT2D eigenvalue weighted by atomic mass is 9.88. The number of nitriles is 1. The Morgan fingerprint density at radius 3 is 2.24 bits per heavy atom. The molecule has 0 aliphatic heterocycles. The largest absolute Gasteiger partial charge is 0.212 e. The van der Waals surface area contributed by atoms with Crippen LogP contribution in [0.5, 0.6) is 0 Å². The maximum atomic E-state index is 9.34. The van der Waals surface area contributed by atoms with Crippen molar-refractivity contribution in [3.63, 3.8) is 0 Å². The molecule has 0 N–H and O–H groups in total. The van der Waals surface area contributed by atoms with E-state index in [1.165, 1.54) is 33.5 Å². The van der Waals surface area contributed by atoms with Gasteiger partial charge in [-0.05, 0) is 67.6 Å². The Labute approximate surface area is 150 Å². The first-order chi connectivity index (χ1) is 11.9. The van der Waals surface area contributed by atoms with Crippen LogP contribution in [0.2, 0.25) is 0 Å². The minimum Gasteiger partial charge on any atom is -0.201 e. The number of aryl methyl sites for hydroxylation is 3. The Morgan fingerprint density at radius 2 is 1.56 bits per heavy atom. The highest BCUT2D eigenvalue weighted by Crippen LogP contribution is 2.35. The SMILES string of the molecule is Cc1ccc(-c2c(C)ccc(-c3cccc(C#N)c3C)c2C)[n+](C)c1. The van der Waals surface area contributed by atoms with Crippen LogP contribution >= 0.6 is 0 Å². The number of nitrogens with zero attached hydrogens (tertiary/aromatic N) is 2. The van der Waals surface area contributed by atoms with Crippen LogP contribution in [0.4, 0.5) is 0 Å². The molecule has 2 aromatic carbocycles. The number of benzene rings is 2. The summed E-state index contributed by atoms with van der Waals surface area (Å²) in [5, 5.41) is 9.34. The summed E-state index contributed by atoms with van der Waals surface area (Å²) in [6.45, 7) is 8.47. The molecule has 124 valence electrons. The van der Waals surface area contributed by atoms with Crippen molar-refractivity contribution in [2.24, 2.45) is 7.05 Å². The smallest absolute Gasteiger partial charge is 0.201 e.